The van der Waals surface area contributed by atoms with Crippen LogP contribution in [0, 0.1) is 3.57 Å². The molecule has 0 aliphatic carbocycles. The minimum Gasteiger partial charge on any atom is -0.465 e. The molecule has 15 heavy (non-hydrogen) atoms. The maximum atomic E-state index is 12.7. The molecular formula is C8H6FIO4S. The zero-order valence-corrected chi connectivity index (χ0v) is 10.5. The first-order valence-electron chi connectivity index (χ1n) is 3.68. The highest BCUT2D eigenvalue weighted by molar-refractivity contribution is 14.1. The number of hydrogen-bond acceptors (Lipinski definition) is 4. The Morgan fingerprint density at radius 1 is 1.40 bits per heavy atom. The van der Waals surface area contributed by atoms with E-state index in [0.29, 0.717) is 3.57 Å². The van der Waals surface area contributed by atoms with Gasteiger partial charge in [-0.2, -0.15) is 8.42 Å². The van der Waals surface area contributed by atoms with Gasteiger partial charge >= 0.3 is 16.2 Å². The van der Waals surface area contributed by atoms with Crippen LogP contribution in [0.2, 0.25) is 0 Å². The molecule has 1 aromatic carbocycles. The molecule has 0 N–H and O–H groups in total. The largest absolute Gasteiger partial charge is 0.465 e. The Morgan fingerprint density at radius 2 is 2.00 bits per heavy atom. The van der Waals surface area contributed by atoms with Crippen molar-refractivity contribution in [2.75, 3.05) is 7.11 Å². The summed E-state index contributed by atoms with van der Waals surface area (Å²) in [6, 6.07) is 3.47. The molecule has 0 unspecified atom stereocenters. The van der Waals surface area contributed by atoms with E-state index in [9.17, 15) is 17.1 Å². The third kappa shape index (κ3) is 3.13. The smallest absolute Gasteiger partial charge is 0.337 e. The summed E-state index contributed by atoms with van der Waals surface area (Å²) in [5, 5.41) is 0. The lowest BCUT2D eigenvalue weighted by atomic mass is 10.2. The third-order valence-electron chi connectivity index (χ3n) is 1.57. The van der Waals surface area contributed by atoms with Crippen molar-refractivity contribution in [3.05, 3.63) is 27.3 Å². The Labute approximate surface area is 99.8 Å². The second kappa shape index (κ2) is 4.44. The summed E-state index contributed by atoms with van der Waals surface area (Å²) in [5.41, 5.74) is 0.000579. The Balaban J connectivity index is 3.35. The number of hydrogen-bond donors (Lipinski definition) is 0. The van der Waals surface area contributed by atoms with Crippen molar-refractivity contribution >= 4 is 38.8 Å². The molecule has 4 nitrogen and oxygen atoms in total. The summed E-state index contributed by atoms with van der Waals surface area (Å²) < 4.78 is 38.8. The number of benzene rings is 1. The molecule has 1 aromatic rings. The summed E-state index contributed by atoms with van der Waals surface area (Å²) in [6.07, 6.45) is 0. The normalized spacial score (nSPS) is 11.1. The van der Waals surface area contributed by atoms with Crippen LogP contribution in [-0.4, -0.2) is 21.5 Å². The van der Waals surface area contributed by atoms with Crippen LogP contribution in [-0.2, 0) is 15.0 Å². The predicted molar refractivity (Wildman–Crippen MR) is 58.8 cm³/mol. The lowest BCUT2D eigenvalue weighted by Gasteiger charge is -2.02. The van der Waals surface area contributed by atoms with Crippen LogP contribution in [0.5, 0.6) is 0 Å². The molecule has 82 valence electrons. The minimum atomic E-state index is -4.80. The molecule has 0 spiro atoms. The van der Waals surface area contributed by atoms with Gasteiger partial charge in [-0.3, -0.25) is 0 Å². The SMILES string of the molecule is COC(=O)c1cc(I)cc(S(=O)(=O)F)c1. The zero-order chi connectivity index (χ0) is 11.6. The van der Waals surface area contributed by atoms with E-state index in [1.807, 2.05) is 0 Å². The highest BCUT2D eigenvalue weighted by atomic mass is 127. The first-order valence-corrected chi connectivity index (χ1v) is 6.14. The maximum absolute atomic E-state index is 12.7. The van der Waals surface area contributed by atoms with Crippen LogP contribution >= 0.6 is 22.6 Å². The van der Waals surface area contributed by atoms with Crippen LogP contribution in [0.4, 0.5) is 3.89 Å². The van der Waals surface area contributed by atoms with Gasteiger partial charge in [0.1, 0.15) is 4.90 Å². The quantitative estimate of drug-likeness (QED) is 0.466. The number of halogens is 2. The van der Waals surface area contributed by atoms with Gasteiger partial charge in [0.25, 0.3) is 0 Å². The van der Waals surface area contributed by atoms with Crippen LogP contribution in [0.1, 0.15) is 10.4 Å². The Kier molecular flexibility index (Phi) is 3.66. The molecule has 0 aliphatic rings. The molecule has 0 atom stereocenters. The number of carbonyl (C=O) groups excluding carboxylic acids is 1. The van der Waals surface area contributed by atoms with Crippen molar-refractivity contribution in [2.45, 2.75) is 4.90 Å². The van der Waals surface area contributed by atoms with E-state index in [1.165, 1.54) is 6.07 Å². The van der Waals surface area contributed by atoms with Crippen molar-refractivity contribution in [2.24, 2.45) is 0 Å². The van der Waals surface area contributed by atoms with E-state index in [4.69, 9.17) is 0 Å². The number of methoxy groups -OCH3 is 1. The van der Waals surface area contributed by atoms with Gasteiger partial charge in [0.15, 0.2) is 0 Å². The van der Waals surface area contributed by atoms with E-state index in [1.54, 1.807) is 22.6 Å². The second-order valence-corrected chi connectivity index (χ2v) is 5.20. The minimum absolute atomic E-state index is 0.000579. The molecular weight excluding hydrogens is 338 g/mol. The number of carbonyl (C=O) groups is 1. The standard InChI is InChI=1S/C8H6FIO4S/c1-14-8(11)5-2-6(10)4-7(3-5)15(9,12)13/h2-4H,1H3. The molecule has 1 rings (SSSR count). The molecule has 7 heteroatoms. The van der Waals surface area contributed by atoms with Crippen LogP contribution in [0.15, 0.2) is 23.1 Å². The van der Waals surface area contributed by atoms with Gasteiger partial charge in [0, 0.05) is 3.57 Å². The fourth-order valence-corrected chi connectivity index (χ4v) is 2.36. The lowest BCUT2D eigenvalue weighted by Crippen LogP contribution is -2.04. The van der Waals surface area contributed by atoms with Gasteiger partial charge in [-0.1, -0.05) is 0 Å². The molecule has 0 fully saturated rings. The summed E-state index contributed by atoms with van der Waals surface area (Å²) >= 11 is 1.78. The molecule has 0 bridgehead atoms. The molecule has 0 aromatic heterocycles. The van der Waals surface area contributed by atoms with Crippen molar-refractivity contribution < 1.29 is 21.8 Å². The van der Waals surface area contributed by atoms with Crippen LogP contribution in [0.25, 0.3) is 0 Å². The van der Waals surface area contributed by atoms with Gasteiger partial charge in [0.2, 0.25) is 0 Å². The van der Waals surface area contributed by atoms with Crippen molar-refractivity contribution in [1.29, 1.82) is 0 Å². The number of esters is 1. The monoisotopic (exact) mass is 344 g/mol. The van der Waals surface area contributed by atoms with E-state index < -0.39 is 21.1 Å². The van der Waals surface area contributed by atoms with Crippen molar-refractivity contribution in [1.82, 2.24) is 0 Å². The summed E-state index contributed by atoms with van der Waals surface area (Å²) in [6.45, 7) is 0. The zero-order valence-electron chi connectivity index (χ0n) is 7.53. The van der Waals surface area contributed by atoms with E-state index >= 15 is 0 Å². The first kappa shape index (κ1) is 12.4. The average Bonchev–Trinajstić information content (AvgIpc) is 2.14. The van der Waals surface area contributed by atoms with Crippen molar-refractivity contribution in [3.8, 4) is 0 Å². The summed E-state index contributed by atoms with van der Waals surface area (Å²) in [7, 11) is -3.64. The van der Waals surface area contributed by atoms with Gasteiger partial charge in [0.05, 0.1) is 12.7 Å². The summed E-state index contributed by atoms with van der Waals surface area (Å²) in [5.74, 6) is -0.710. The van der Waals surface area contributed by atoms with Crippen LogP contribution < -0.4 is 0 Å². The highest BCUT2D eigenvalue weighted by Gasteiger charge is 2.16. The number of rotatable bonds is 2. The number of ether oxygens (including phenoxy) is 1. The third-order valence-corrected chi connectivity index (χ3v) is 3.00. The van der Waals surface area contributed by atoms with Gasteiger partial charge in [-0.25, -0.2) is 4.79 Å². The molecule has 0 heterocycles. The first-order chi connectivity index (χ1) is 6.84. The van der Waals surface area contributed by atoms with E-state index in [-0.39, 0.29) is 5.56 Å². The van der Waals surface area contributed by atoms with Crippen LogP contribution in [0.3, 0.4) is 0 Å². The van der Waals surface area contributed by atoms with Gasteiger partial charge < -0.3 is 4.74 Å². The molecule has 0 radical (unpaired) electrons. The molecule has 0 saturated heterocycles. The average molecular weight is 344 g/mol. The fourth-order valence-electron chi connectivity index (χ4n) is 0.939. The Hall–Kier alpha value is -0.700. The van der Waals surface area contributed by atoms with Crippen molar-refractivity contribution in [3.63, 3.8) is 0 Å². The topological polar surface area (TPSA) is 60.4 Å². The van der Waals surface area contributed by atoms with E-state index in [2.05, 4.69) is 4.74 Å². The summed E-state index contributed by atoms with van der Waals surface area (Å²) in [4.78, 5) is 10.6. The van der Waals surface area contributed by atoms with E-state index in [0.717, 1.165) is 19.2 Å². The Bertz CT molecular complexity index is 497. The van der Waals surface area contributed by atoms with Gasteiger partial charge in [-0.15, -0.1) is 3.89 Å². The Morgan fingerprint density at radius 3 is 2.47 bits per heavy atom. The lowest BCUT2D eigenvalue weighted by molar-refractivity contribution is 0.0600. The van der Waals surface area contributed by atoms with Gasteiger partial charge in [-0.05, 0) is 40.8 Å². The molecule has 0 amide bonds. The molecule has 0 saturated carbocycles. The fraction of sp³-hybridized carbons (Fsp3) is 0.125. The second-order valence-electron chi connectivity index (χ2n) is 2.61. The highest BCUT2D eigenvalue weighted by Crippen LogP contribution is 2.19. The molecule has 0 aliphatic heterocycles. The maximum Gasteiger partial charge on any atom is 0.337 e. The predicted octanol–water partition coefficient (Wildman–Crippen LogP) is 1.74.